The average Bonchev–Trinajstić information content (AvgIpc) is 2.84. The van der Waals surface area contributed by atoms with E-state index in [0.717, 1.165) is 16.9 Å². The summed E-state index contributed by atoms with van der Waals surface area (Å²) in [6.45, 7) is 2.55. The molecule has 1 saturated heterocycles. The van der Waals surface area contributed by atoms with Crippen molar-refractivity contribution in [3.05, 3.63) is 70.9 Å². The van der Waals surface area contributed by atoms with E-state index in [9.17, 15) is 9.59 Å². The molecular formula is C18H16N2O3. The third-order valence-corrected chi connectivity index (χ3v) is 3.40. The van der Waals surface area contributed by atoms with Crippen molar-refractivity contribution in [3.8, 4) is 5.75 Å². The van der Waals surface area contributed by atoms with Crippen molar-refractivity contribution in [2.45, 2.75) is 13.5 Å². The van der Waals surface area contributed by atoms with Gasteiger partial charge in [-0.05, 0) is 36.3 Å². The summed E-state index contributed by atoms with van der Waals surface area (Å²) in [7, 11) is 0. The highest BCUT2D eigenvalue weighted by Gasteiger charge is 2.22. The Bertz CT molecular complexity index is 779. The van der Waals surface area contributed by atoms with Gasteiger partial charge in [-0.2, -0.15) is 0 Å². The molecule has 1 aliphatic rings. The van der Waals surface area contributed by atoms with Crippen LogP contribution < -0.4 is 15.4 Å². The van der Waals surface area contributed by atoms with Gasteiger partial charge in [-0.1, -0.05) is 42.0 Å². The lowest BCUT2D eigenvalue weighted by molar-refractivity contribution is -0.115. The normalized spacial score (nSPS) is 15.4. The van der Waals surface area contributed by atoms with Gasteiger partial charge < -0.3 is 10.1 Å². The Labute approximate surface area is 134 Å². The minimum absolute atomic E-state index is 0.239. The number of carbonyl (C=O) groups is 2. The molecule has 0 atom stereocenters. The lowest BCUT2D eigenvalue weighted by Crippen LogP contribution is -2.22. The number of hydrogen-bond acceptors (Lipinski definition) is 3. The summed E-state index contributed by atoms with van der Waals surface area (Å²) >= 11 is 0. The molecular weight excluding hydrogens is 292 g/mol. The maximum absolute atomic E-state index is 11.5. The van der Waals surface area contributed by atoms with Gasteiger partial charge in [0, 0.05) is 0 Å². The Kier molecular flexibility index (Phi) is 4.10. The van der Waals surface area contributed by atoms with E-state index in [1.807, 2.05) is 49.4 Å². The van der Waals surface area contributed by atoms with E-state index in [1.54, 1.807) is 6.08 Å². The Morgan fingerprint density at radius 3 is 2.48 bits per heavy atom. The van der Waals surface area contributed by atoms with Crippen molar-refractivity contribution in [1.82, 2.24) is 10.6 Å². The molecule has 2 aromatic rings. The summed E-state index contributed by atoms with van der Waals surface area (Å²) in [6.07, 6.45) is 1.62. The molecule has 116 valence electrons. The number of carbonyl (C=O) groups excluding carboxylic acids is 2. The number of amides is 3. The highest BCUT2D eigenvalue weighted by atomic mass is 16.5. The van der Waals surface area contributed by atoms with Gasteiger partial charge in [0.1, 0.15) is 18.1 Å². The van der Waals surface area contributed by atoms with Crippen molar-refractivity contribution in [2.75, 3.05) is 0 Å². The molecule has 0 saturated carbocycles. The second-order valence-electron chi connectivity index (χ2n) is 5.31. The Morgan fingerprint density at radius 2 is 1.83 bits per heavy atom. The van der Waals surface area contributed by atoms with Crippen LogP contribution in [0.2, 0.25) is 0 Å². The largest absolute Gasteiger partial charge is 0.489 e. The summed E-state index contributed by atoms with van der Waals surface area (Å²) in [5.41, 5.74) is 3.36. The molecule has 2 N–H and O–H groups in total. The molecule has 3 rings (SSSR count). The zero-order chi connectivity index (χ0) is 16.2. The SMILES string of the molecule is Cc1cccc(COc2ccc(/C=C3/NC(=O)NC3=O)cc2)c1. The fraction of sp³-hybridized carbons (Fsp3) is 0.111. The molecule has 0 spiro atoms. The number of urea groups is 1. The monoisotopic (exact) mass is 308 g/mol. The van der Waals surface area contributed by atoms with Gasteiger partial charge >= 0.3 is 6.03 Å². The highest BCUT2D eigenvalue weighted by molar-refractivity contribution is 6.13. The Hall–Kier alpha value is -3.08. The van der Waals surface area contributed by atoms with E-state index < -0.39 is 11.9 Å². The molecule has 23 heavy (non-hydrogen) atoms. The van der Waals surface area contributed by atoms with Crippen LogP contribution in [0.15, 0.2) is 54.2 Å². The van der Waals surface area contributed by atoms with E-state index in [2.05, 4.69) is 16.7 Å². The maximum Gasteiger partial charge on any atom is 0.326 e. The summed E-state index contributed by atoms with van der Waals surface area (Å²) in [5, 5.41) is 4.61. The average molecular weight is 308 g/mol. The number of rotatable bonds is 4. The molecule has 0 radical (unpaired) electrons. The van der Waals surface area contributed by atoms with Crippen molar-refractivity contribution in [1.29, 1.82) is 0 Å². The van der Waals surface area contributed by atoms with Crippen LogP contribution in [0, 0.1) is 6.92 Å². The molecule has 0 aliphatic carbocycles. The first-order chi connectivity index (χ1) is 11.1. The van der Waals surface area contributed by atoms with Crippen LogP contribution in [-0.2, 0) is 11.4 Å². The predicted octanol–water partition coefficient (Wildman–Crippen LogP) is 2.75. The van der Waals surface area contributed by atoms with Gasteiger partial charge in [0.15, 0.2) is 0 Å². The van der Waals surface area contributed by atoms with Crippen LogP contribution in [0.5, 0.6) is 5.75 Å². The number of ether oxygens (including phenoxy) is 1. The number of imide groups is 1. The minimum atomic E-state index is -0.501. The van der Waals surface area contributed by atoms with E-state index in [4.69, 9.17) is 4.74 Å². The van der Waals surface area contributed by atoms with Crippen LogP contribution in [0.4, 0.5) is 4.79 Å². The quantitative estimate of drug-likeness (QED) is 0.674. The molecule has 5 nitrogen and oxygen atoms in total. The molecule has 5 heteroatoms. The third kappa shape index (κ3) is 3.77. The first-order valence-electron chi connectivity index (χ1n) is 7.22. The number of nitrogens with one attached hydrogen (secondary N) is 2. The lowest BCUT2D eigenvalue weighted by Gasteiger charge is -2.07. The molecule has 0 aromatic heterocycles. The molecule has 3 amide bonds. The molecule has 1 heterocycles. The zero-order valence-corrected chi connectivity index (χ0v) is 12.6. The van der Waals surface area contributed by atoms with Crippen LogP contribution in [0.25, 0.3) is 6.08 Å². The predicted molar refractivity (Wildman–Crippen MR) is 86.6 cm³/mol. The molecule has 1 fully saturated rings. The number of hydrogen-bond donors (Lipinski definition) is 2. The molecule has 2 aromatic carbocycles. The fourth-order valence-electron chi connectivity index (χ4n) is 2.28. The second kappa shape index (κ2) is 6.36. The lowest BCUT2D eigenvalue weighted by atomic mass is 10.1. The van der Waals surface area contributed by atoms with Crippen molar-refractivity contribution in [2.24, 2.45) is 0 Å². The van der Waals surface area contributed by atoms with E-state index in [0.29, 0.717) is 6.61 Å². The van der Waals surface area contributed by atoms with Crippen LogP contribution in [-0.4, -0.2) is 11.9 Å². The van der Waals surface area contributed by atoms with E-state index in [1.165, 1.54) is 5.56 Å². The third-order valence-electron chi connectivity index (χ3n) is 3.40. The van der Waals surface area contributed by atoms with E-state index >= 15 is 0 Å². The smallest absolute Gasteiger partial charge is 0.326 e. The first-order valence-corrected chi connectivity index (χ1v) is 7.22. The second-order valence-corrected chi connectivity index (χ2v) is 5.31. The first kappa shape index (κ1) is 14.8. The summed E-state index contributed by atoms with van der Waals surface area (Å²) in [4.78, 5) is 22.5. The molecule has 0 unspecified atom stereocenters. The maximum atomic E-state index is 11.5. The number of benzene rings is 2. The number of aryl methyl sites for hydroxylation is 1. The van der Waals surface area contributed by atoms with Crippen LogP contribution in [0.3, 0.4) is 0 Å². The Balaban J connectivity index is 1.64. The molecule has 1 aliphatic heterocycles. The van der Waals surface area contributed by atoms with Crippen LogP contribution >= 0.6 is 0 Å². The topological polar surface area (TPSA) is 67.4 Å². The van der Waals surface area contributed by atoms with Gasteiger partial charge in [0.2, 0.25) is 0 Å². The van der Waals surface area contributed by atoms with E-state index in [-0.39, 0.29) is 5.70 Å². The fourth-order valence-corrected chi connectivity index (χ4v) is 2.28. The zero-order valence-electron chi connectivity index (χ0n) is 12.6. The summed E-state index contributed by atoms with van der Waals surface area (Å²) in [6, 6.07) is 15.0. The minimum Gasteiger partial charge on any atom is -0.489 e. The Morgan fingerprint density at radius 1 is 1.04 bits per heavy atom. The summed E-state index contributed by atoms with van der Waals surface area (Å²) in [5.74, 6) is 0.323. The van der Waals surface area contributed by atoms with Crippen LogP contribution in [0.1, 0.15) is 16.7 Å². The van der Waals surface area contributed by atoms with Gasteiger partial charge in [-0.15, -0.1) is 0 Å². The van der Waals surface area contributed by atoms with Gasteiger partial charge in [-0.3, -0.25) is 10.1 Å². The van der Waals surface area contributed by atoms with Crippen molar-refractivity contribution in [3.63, 3.8) is 0 Å². The van der Waals surface area contributed by atoms with Gasteiger partial charge in [-0.25, -0.2) is 4.79 Å². The van der Waals surface area contributed by atoms with Gasteiger partial charge in [0.25, 0.3) is 5.91 Å². The summed E-state index contributed by atoms with van der Waals surface area (Å²) < 4.78 is 5.74. The van der Waals surface area contributed by atoms with Crippen molar-refractivity contribution < 1.29 is 14.3 Å². The standard InChI is InChI=1S/C18H16N2O3/c1-12-3-2-4-14(9-12)11-23-15-7-5-13(6-8-15)10-16-17(21)20-18(22)19-16/h2-10H,11H2,1H3,(H2,19,20,21,22)/b16-10+. The highest BCUT2D eigenvalue weighted by Crippen LogP contribution is 2.16. The van der Waals surface area contributed by atoms with Gasteiger partial charge in [0.05, 0.1) is 0 Å². The van der Waals surface area contributed by atoms with Crippen molar-refractivity contribution >= 4 is 18.0 Å². The molecule has 0 bridgehead atoms.